The first-order chi connectivity index (χ1) is 12.4. The van der Waals surface area contributed by atoms with E-state index in [9.17, 15) is 19.2 Å². The summed E-state index contributed by atoms with van der Waals surface area (Å²) in [5, 5.41) is 2.67. The normalized spacial score (nSPS) is 14.5. The van der Waals surface area contributed by atoms with Crippen LogP contribution < -0.4 is 5.32 Å². The number of ketones is 1. The van der Waals surface area contributed by atoms with E-state index in [1.54, 1.807) is 34.1 Å². The van der Waals surface area contributed by atoms with Crippen molar-refractivity contribution in [2.75, 3.05) is 31.5 Å². The maximum Gasteiger partial charge on any atom is 0.253 e. The number of nitrogens with one attached hydrogen (secondary N) is 1. The largest absolute Gasteiger partial charge is 0.341 e. The third kappa shape index (κ3) is 5.68. The number of carbonyl (C=O) groups excluding carboxylic acids is 4. The van der Waals surface area contributed by atoms with Crippen molar-refractivity contribution in [2.24, 2.45) is 0 Å². The molecule has 1 aliphatic heterocycles. The fraction of sp³-hybridized carbons (Fsp3) is 0.474. The highest BCUT2D eigenvalue weighted by molar-refractivity contribution is 5.97. The van der Waals surface area contributed by atoms with Crippen LogP contribution in [0.5, 0.6) is 0 Å². The molecule has 1 aromatic rings. The molecule has 0 saturated carbocycles. The molecule has 0 radical (unpaired) electrons. The van der Waals surface area contributed by atoms with Gasteiger partial charge in [0, 0.05) is 57.2 Å². The number of anilines is 1. The first-order valence-corrected chi connectivity index (χ1v) is 8.81. The predicted molar refractivity (Wildman–Crippen MR) is 97.8 cm³/mol. The standard InChI is InChI=1S/C19H25N3O4/c1-14(23)7-8-18(25)21-9-4-10-22(12-11-21)19(26)16-5-3-6-17(13-16)20-15(2)24/h3,5-6,13H,4,7-12H2,1-2H3,(H,20,24). The van der Waals surface area contributed by atoms with Gasteiger partial charge >= 0.3 is 0 Å². The molecule has 1 heterocycles. The molecule has 26 heavy (non-hydrogen) atoms. The zero-order valence-corrected chi connectivity index (χ0v) is 15.3. The van der Waals surface area contributed by atoms with Crippen LogP contribution in [0.4, 0.5) is 5.69 Å². The fourth-order valence-electron chi connectivity index (χ4n) is 2.93. The van der Waals surface area contributed by atoms with Crippen molar-refractivity contribution in [3.63, 3.8) is 0 Å². The Labute approximate surface area is 153 Å². The second kappa shape index (κ2) is 9.12. The van der Waals surface area contributed by atoms with Crippen molar-refractivity contribution < 1.29 is 19.2 Å². The molecule has 140 valence electrons. The summed E-state index contributed by atoms with van der Waals surface area (Å²) >= 11 is 0. The number of nitrogens with zero attached hydrogens (tertiary/aromatic N) is 2. The van der Waals surface area contributed by atoms with Gasteiger partial charge in [-0.2, -0.15) is 0 Å². The lowest BCUT2D eigenvalue weighted by Crippen LogP contribution is -2.37. The van der Waals surface area contributed by atoms with Crippen LogP contribution in [0.15, 0.2) is 24.3 Å². The topological polar surface area (TPSA) is 86.8 Å². The maximum absolute atomic E-state index is 12.7. The number of carbonyl (C=O) groups is 4. The van der Waals surface area contributed by atoms with Gasteiger partial charge in [-0.05, 0) is 31.5 Å². The van der Waals surface area contributed by atoms with E-state index in [2.05, 4.69) is 5.32 Å². The Morgan fingerprint density at radius 1 is 0.962 bits per heavy atom. The lowest BCUT2D eigenvalue weighted by Gasteiger charge is -2.22. The molecular formula is C19H25N3O4. The molecule has 2 rings (SSSR count). The number of amides is 3. The van der Waals surface area contributed by atoms with Crippen LogP contribution in [0.1, 0.15) is 43.5 Å². The van der Waals surface area contributed by atoms with Crippen molar-refractivity contribution >= 4 is 29.2 Å². The Morgan fingerprint density at radius 2 is 1.65 bits per heavy atom. The van der Waals surface area contributed by atoms with Crippen LogP contribution in [-0.2, 0) is 14.4 Å². The van der Waals surface area contributed by atoms with Gasteiger partial charge in [0.1, 0.15) is 5.78 Å². The zero-order valence-electron chi connectivity index (χ0n) is 15.3. The van der Waals surface area contributed by atoms with Gasteiger partial charge in [0.05, 0.1) is 0 Å². The maximum atomic E-state index is 12.7. The molecule has 1 aliphatic rings. The van der Waals surface area contributed by atoms with E-state index in [4.69, 9.17) is 0 Å². The SMILES string of the molecule is CC(=O)CCC(=O)N1CCCN(C(=O)c2cccc(NC(C)=O)c2)CC1. The second-order valence-electron chi connectivity index (χ2n) is 6.49. The van der Waals surface area contributed by atoms with Gasteiger partial charge in [-0.1, -0.05) is 6.07 Å². The minimum Gasteiger partial charge on any atom is -0.341 e. The summed E-state index contributed by atoms with van der Waals surface area (Å²) in [6.07, 6.45) is 1.18. The molecule has 1 fully saturated rings. The van der Waals surface area contributed by atoms with Crippen LogP contribution in [0.2, 0.25) is 0 Å². The predicted octanol–water partition coefficient (Wildman–Crippen LogP) is 1.69. The van der Waals surface area contributed by atoms with Crippen LogP contribution >= 0.6 is 0 Å². The number of hydrogen-bond acceptors (Lipinski definition) is 4. The van der Waals surface area contributed by atoms with Crippen molar-refractivity contribution in [1.82, 2.24) is 9.80 Å². The molecule has 0 aromatic heterocycles. The molecule has 1 N–H and O–H groups in total. The smallest absolute Gasteiger partial charge is 0.253 e. The van der Waals surface area contributed by atoms with E-state index in [0.717, 1.165) is 0 Å². The average molecular weight is 359 g/mol. The Hall–Kier alpha value is -2.70. The number of Topliss-reactive ketones (excluding diaryl/α,β-unsaturated/α-hetero) is 1. The van der Waals surface area contributed by atoms with Crippen LogP contribution in [0.25, 0.3) is 0 Å². The molecule has 0 bridgehead atoms. The second-order valence-corrected chi connectivity index (χ2v) is 6.49. The Bertz CT molecular complexity index is 702. The highest BCUT2D eigenvalue weighted by atomic mass is 16.2. The lowest BCUT2D eigenvalue weighted by molar-refractivity contribution is -0.132. The molecule has 3 amide bonds. The number of benzene rings is 1. The molecule has 0 atom stereocenters. The molecule has 0 spiro atoms. The van der Waals surface area contributed by atoms with E-state index < -0.39 is 0 Å². The first-order valence-electron chi connectivity index (χ1n) is 8.81. The summed E-state index contributed by atoms with van der Waals surface area (Å²) in [6.45, 7) is 4.97. The highest BCUT2D eigenvalue weighted by Gasteiger charge is 2.23. The average Bonchev–Trinajstić information content (AvgIpc) is 2.85. The number of hydrogen-bond donors (Lipinski definition) is 1. The van der Waals surface area contributed by atoms with Crippen molar-refractivity contribution in [1.29, 1.82) is 0 Å². The third-order valence-corrected chi connectivity index (χ3v) is 4.26. The fourth-order valence-corrected chi connectivity index (χ4v) is 2.93. The number of rotatable bonds is 5. The van der Waals surface area contributed by atoms with Crippen LogP contribution in [0.3, 0.4) is 0 Å². The van der Waals surface area contributed by atoms with Gasteiger partial charge in [-0.25, -0.2) is 0 Å². The summed E-state index contributed by atoms with van der Waals surface area (Å²) in [5.74, 6) is -0.342. The molecular weight excluding hydrogens is 334 g/mol. The molecule has 1 aromatic carbocycles. The Morgan fingerprint density at radius 3 is 2.35 bits per heavy atom. The van der Waals surface area contributed by atoms with Crippen LogP contribution in [-0.4, -0.2) is 59.5 Å². The van der Waals surface area contributed by atoms with Crippen molar-refractivity contribution in [2.45, 2.75) is 33.1 Å². The van der Waals surface area contributed by atoms with E-state index in [1.807, 2.05) is 0 Å². The van der Waals surface area contributed by atoms with Crippen molar-refractivity contribution in [3.8, 4) is 0 Å². The summed E-state index contributed by atoms with van der Waals surface area (Å²) in [5.41, 5.74) is 1.09. The Kier molecular flexibility index (Phi) is 6.89. The highest BCUT2D eigenvalue weighted by Crippen LogP contribution is 2.15. The van der Waals surface area contributed by atoms with Crippen LogP contribution in [0, 0.1) is 0 Å². The lowest BCUT2D eigenvalue weighted by atomic mass is 10.1. The van der Waals surface area contributed by atoms with E-state index in [1.165, 1.54) is 13.8 Å². The zero-order chi connectivity index (χ0) is 19.1. The summed E-state index contributed by atoms with van der Waals surface area (Å²) < 4.78 is 0. The van der Waals surface area contributed by atoms with E-state index in [-0.39, 0.29) is 36.3 Å². The summed E-state index contributed by atoms with van der Waals surface area (Å²) in [7, 11) is 0. The van der Waals surface area contributed by atoms with E-state index in [0.29, 0.717) is 43.9 Å². The first kappa shape index (κ1) is 19.6. The minimum atomic E-state index is -0.191. The van der Waals surface area contributed by atoms with Crippen molar-refractivity contribution in [3.05, 3.63) is 29.8 Å². The van der Waals surface area contributed by atoms with Gasteiger partial charge in [-0.3, -0.25) is 14.4 Å². The van der Waals surface area contributed by atoms with Gasteiger partial charge in [0.25, 0.3) is 5.91 Å². The van der Waals surface area contributed by atoms with Gasteiger partial charge in [0.15, 0.2) is 0 Å². The third-order valence-electron chi connectivity index (χ3n) is 4.26. The molecule has 7 nitrogen and oxygen atoms in total. The van der Waals surface area contributed by atoms with Gasteiger partial charge in [0.2, 0.25) is 11.8 Å². The van der Waals surface area contributed by atoms with Gasteiger partial charge < -0.3 is 19.9 Å². The molecule has 1 saturated heterocycles. The minimum absolute atomic E-state index is 0.00373. The molecule has 7 heteroatoms. The van der Waals surface area contributed by atoms with E-state index >= 15 is 0 Å². The molecule has 0 aliphatic carbocycles. The summed E-state index contributed by atoms with van der Waals surface area (Å²) in [4.78, 5) is 50.6. The van der Waals surface area contributed by atoms with Gasteiger partial charge in [-0.15, -0.1) is 0 Å². The molecule has 0 unspecified atom stereocenters. The summed E-state index contributed by atoms with van der Waals surface area (Å²) in [6, 6.07) is 6.84. The Balaban J connectivity index is 1.97. The monoisotopic (exact) mass is 359 g/mol. The quantitative estimate of drug-likeness (QED) is 0.867.